The molecular weight excluding hydrogens is 616 g/mol. The Morgan fingerprint density at radius 1 is 1.18 bits per heavy atom. The van der Waals surface area contributed by atoms with Gasteiger partial charge in [-0.2, -0.15) is 0 Å². The number of rotatable bonds is 8. The predicted molar refractivity (Wildman–Crippen MR) is 155 cm³/mol. The number of likely N-dealkylation sites (tertiary alicyclic amines) is 1. The summed E-state index contributed by atoms with van der Waals surface area (Å²) in [5.41, 5.74) is 4.90. The van der Waals surface area contributed by atoms with Gasteiger partial charge < -0.3 is 10.4 Å². The minimum Gasteiger partial charge on any atom is -0.293 e. The molecule has 2 atom stereocenters. The van der Waals surface area contributed by atoms with E-state index in [-0.39, 0.29) is 50.6 Å². The fourth-order valence-corrected chi connectivity index (χ4v) is 6.17. The normalized spacial score (nSPS) is 20.5. The number of hydrogen-bond acceptors (Lipinski definition) is 6. The van der Waals surface area contributed by atoms with Crippen molar-refractivity contribution < 1.29 is 35.9 Å². The third kappa shape index (κ3) is 6.48. The van der Waals surface area contributed by atoms with Crippen molar-refractivity contribution in [2.75, 3.05) is 40.9 Å². The number of allylic oxidation sites excluding steroid dienone is 2. The first-order valence-electron chi connectivity index (χ1n) is 13.4. The zero-order valence-electron chi connectivity index (χ0n) is 22.4. The molecule has 0 aromatic heterocycles. The Balaban J connectivity index is 1.25. The van der Waals surface area contributed by atoms with Gasteiger partial charge in [0.1, 0.15) is 13.6 Å². The van der Waals surface area contributed by atoms with Gasteiger partial charge in [-0.05, 0) is 18.2 Å². The summed E-state index contributed by atoms with van der Waals surface area (Å²) in [5, 5.41) is 17.0. The van der Waals surface area contributed by atoms with E-state index >= 15 is 0 Å². The van der Waals surface area contributed by atoms with Crippen LogP contribution in [0.25, 0.3) is 0 Å². The van der Waals surface area contributed by atoms with Gasteiger partial charge in [0.2, 0.25) is 0 Å². The Morgan fingerprint density at radius 2 is 1.98 bits per heavy atom. The second-order valence-electron chi connectivity index (χ2n) is 10.2. The molecule has 5 rings (SSSR count). The van der Waals surface area contributed by atoms with Gasteiger partial charge in [-0.3, -0.25) is 9.98 Å². The van der Waals surface area contributed by atoms with Crippen LogP contribution in [-0.4, -0.2) is 77.1 Å². The van der Waals surface area contributed by atoms with E-state index < -0.39 is 0 Å². The number of fused-ring (bicyclic) bond motifs is 1. The molecule has 3 aliphatic heterocycles. The van der Waals surface area contributed by atoms with E-state index in [0.717, 1.165) is 30.8 Å². The van der Waals surface area contributed by atoms with Gasteiger partial charge in [-0.1, -0.05) is 17.6 Å². The molecule has 0 bridgehead atoms. The van der Waals surface area contributed by atoms with Crippen LogP contribution in [0.15, 0.2) is 81.5 Å². The number of carbonyl (C=O) groups excluding carboxylic acids is 2. The topological polar surface area (TPSA) is 106 Å². The van der Waals surface area contributed by atoms with Crippen molar-refractivity contribution >= 4 is 37.3 Å². The molecule has 0 aliphatic carbocycles. The van der Waals surface area contributed by atoms with Crippen LogP contribution in [-0.2, 0) is 4.79 Å². The summed E-state index contributed by atoms with van der Waals surface area (Å²) in [7, 11) is 6.26. The number of nitrogens with zero attached hydrogens (tertiary/aromatic N) is 3. The van der Waals surface area contributed by atoms with Gasteiger partial charge >= 0.3 is 136 Å². The number of aromatic hydroxyl groups is 1. The zero-order chi connectivity index (χ0) is 28.1. The van der Waals surface area contributed by atoms with Crippen LogP contribution < -0.4 is 31.8 Å². The molecule has 40 heavy (non-hydrogen) atoms. The van der Waals surface area contributed by atoms with E-state index in [1.807, 2.05) is 23.1 Å². The number of phenols is 1. The van der Waals surface area contributed by atoms with Gasteiger partial charge in [0.05, 0.1) is 18.2 Å². The Kier molecular flexibility index (Phi) is 9.03. The van der Waals surface area contributed by atoms with Gasteiger partial charge in [-0.15, -0.1) is 0 Å². The maximum absolute atomic E-state index is 13.3. The largest absolute Gasteiger partial charge is 0.293 e. The number of anilines is 1. The fourth-order valence-electron chi connectivity index (χ4n) is 5.28. The first kappa shape index (κ1) is 28.1. The van der Waals surface area contributed by atoms with E-state index in [2.05, 4.69) is 20.6 Å². The van der Waals surface area contributed by atoms with E-state index in [9.17, 15) is 14.7 Å². The molecule has 3 N–H and O–H groups in total. The zero-order valence-corrected chi connectivity index (χ0v) is 24.6. The Morgan fingerprint density at radius 3 is 2.75 bits per heavy atom. The van der Waals surface area contributed by atoms with E-state index in [4.69, 9.17) is 12.8 Å². The van der Waals surface area contributed by atoms with Crippen LogP contribution in [0.1, 0.15) is 28.8 Å². The summed E-state index contributed by atoms with van der Waals surface area (Å²) in [6, 6.07) is 14.3. The molecule has 2 radical (unpaired) electrons. The molecule has 8 nitrogen and oxygen atoms in total. The summed E-state index contributed by atoms with van der Waals surface area (Å²) in [5.74, 6) is 0.404. The monoisotopic (exact) mass is 648 g/mol. The molecule has 206 valence electrons. The number of halogens is 1. The van der Waals surface area contributed by atoms with Gasteiger partial charge in [-0.25, -0.2) is 0 Å². The number of alkyl halides is 2. The Labute approximate surface area is 246 Å². The fraction of sp³-hybridized carbons (Fsp3) is 0.333. The molecule has 2 aromatic carbocycles. The molecule has 3 aliphatic rings. The summed E-state index contributed by atoms with van der Waals surface area (Å²) < 4.78 is 0.585. The van der Waals surface area contributed by atoms with Crippen LogP contribution in [0, 0.1) is 11.8 Å². The van der Waals surface area contributed by atoms with Crippen LogP contribution in [0.5, 0.6) is 5.75 Å². The molecule has 3 heterocycles. The summed E-state index contributed by atoms with van der Waals surface area (Å²) in [4.78, 5) is 38.4. The van der Waals surface area contributed by atoms with Gasteiger partial charge in [0, 0.05) is 23.2 Å². The summed E-state index contributed by atoms with van der Waals surface area (Å²) in [6.07, 6.45) is 5.58. The van der Waals surface area contributed by atoms with Crippen molar-refractivity contribution in [1.82, 2.24) is 10.2 Å². The van der Waals surface area contributed by atoms with Crippen LogP contribution in [0.4, 0.5) is 5.69 Å². The smallest absolute Gasteiger partial charge is 0.0601 e. The average molecular weight is 648 g/mol. The summed E-state index contributed by atoms with van der Waals surface area (Å²) in [6.45, 7) is 2.63. The molecular formula is C30H32BIN5O3-. The Hall–Kier alpha value is -3.41. The van der Waals surface area contributed by atoms with Crippen LogP contribution in [0.3, 0.4) is 0 Å². The minimum atomic E-state index is -0.102. The number of benzene rings is 2. The molecule has 1 fully saturated rings. The van der Waals surface area contributed by atoms with Crippen LogP contribution in [0.2, 0.25) is 0 Å². The standard InChI is InChI=1S/C30H32BIN5O3/c1-32-14-28(39)35-21-10-8-20(9-11-21)30(40)37-12-4-5-19(18-37)15-34-25-13-26(22-6-2-3-7-27(22)38)36-29-23(25)16-33-17-24(29)31/h2-3,6-11,13,17,19,23,34,38H,4-5,12,14-16,18H2,1H3,(H,35,39)/q-1. The van der Waals surface area contributed by atoms with Gasteiger partial charge in [0.25, 0.3) is 0 Å². The van der Waals surface area contributed by atoms with Gasteiger partial charge in [0.15, 0.2) is 0 Å². The SMILES string of the molecule is [B]C1=C2N=C(c3ccccc3O)C=C(NCC3CCCN(C(=O)c4ccc(NC(=O)C[I-]C)cc4)C3)C2CN=C1. The predicted octanol–water partition coefficient (Wildman–Crippen LogP) is -0.0412. The number of dihydropyridines is 2. The third-order valence-corrected chi connectivity index (χ3v) is 8.76. The molecule has 1 saturated heterocycles. The van der Waals surface area contributed by atoms with E-state index in [1.165, 1.54) is 0 Å². The second kappa shape index (κ2) is 12.8. The molecule has 2 unspecified atom stereocenters. The van der Waals surface area contributed by atoms with E-state index in [0.29, 0.717) is 52.1 Å². The van der Waals surface area contributed by atoms with Crippen molar-refractivity contribution in [2.45, 2.75) is 12.8 Å². The quantitative estimate of drug-likeness (QED) is 0.212. The first-order valence-corrected chi connectivity index (χ1v) is 17.1. The number of amides is 2. The third-order valence-electron chi connectivity index (χ3n) is 7.30. The second-order valence-corrected chi connectivity index (χ2v) is 12.5. The maximum Gasteiger partial charge on any atom is 0.0601 e. The molecule has 2 amide bonds. The minimum absolute atomic E-state index is 0.00691. The van der Waals surface area contributed by atoms with Crippen molar-refractivity contribution in [1.29, 1.82) is 0 Å². The molecule has 0 spiro atoms. The van der Waals surface area contributed by atoms with Crippen LogP contribution >= 0.6 is 0 Å². The molecule has 2 aromatic rings. The maximum atomic E-state index is 13.3. The molecule has 10 heteroatoms. The number of phenolic OH excluding ortho intramolecular Hbond substituents is 1. The Bertz CT molecular complexity index is 1400. The number of piperidine rings is 1. The average Bonchev–Trinajstić information content (AvgIpc) is 2.97. The summed E-state index contributed by atoms with van der Waals surface area (Å²) >= 11 is -0.102. The molecule has 0 saturated carbocycles. The first-order chi connectivity index (χ1) is 19.4. The van der Waals surface area contributed by atoms with Crippen molar-refractivity contribution in [3.05, 3.63) is 82.6 Å². The van der Waals surface area contributed by atoms with Crippen molar-refractivity contribution in [3.8, 4) is 5.75 Å². The van der Waals surface area contributed by atoms with Crippen molar-refractivity contribution in [3.63, 3.8) is 0 Å². The number of nitrogens with one attached hydrogen (secondary N) is 2. The number of hydrogen-bond donors (Lipinski definition) is 3. The van der Waals surface area contributed by atoms with E-state index in [1.54, 1.807) is 42.6 Å². The van der Waals surface area contributed by atoms with Crippen molar-refractivity contribution in [2.24, 2.45) is 21.8 Å². The number of para-hydroxylation sites is 1. The number of aliphatic imine (C=N–C) groups is 2. The number of carbonyl (C=O) groups is 2.